The summed E-state index contributed by atoms with van der Waals surface area (Å²) >= 11 is 0. The number of benzene rings is 1. The average Bonchev–Trinajstić information content (AvgIpc) is 3.14. The maximum atomic E-state index is 12.8. The van der Waals surface area contributed by atoms with Gasteiger partial charge in [0, 0.05) is 30.3 Å². The predicted octanol–water partition coefficient (Wildman–Crippen LogP) is 3.26. The zero-order valence-corrected chi connectivity index (χ0v) is 16.2. The third kappa shape index (κ3) is 5.43. The lowest BCUT2D eigenvalue weighted by molar-refractivity contribution is -0.0956. The lowest BCUT2D eigenvalue weighted by atomic mass is 9.95. The molecule has 0 spiro atoms. The van der Waals surface area contributed by atoms with E-state index in [-0.39, 0.29) is 12.2 Å². The van der Waals surface area contributed by atoms with E-state index in [2.05, 4.69) is 5.32 Å². The van der Waals surface area contributed by atoms with Crippen molar-refractivity contribution in [2.24, 2.45) is 5.92 Å². The van der Waals surface area contributed by atoms with Crippen molar-refractivity contribution in [2.75, 3.05) is 31.6 Å². The van der Waals surface area contributed by atoms with Gasteiger partial charge in [-0.15, -0.1) is 0 Å². The van der Waals surface area contributed by atoms with E-state index in [1.54, 1.807) is 45.0 Å². The Morgan fingerprint density at radius 1 is 1.15 bits per heavy atom. The monoisotopic (exact) mass is 376 g/mol. The molecule has 3 rings (SSSR count). The van der Waals surface area contributed by atoms with Crippen LogP contribution in [-0.4, -0.2) is 55.1 Å². The summed E-state index contributed by atoms with van der Waals surface area (Å²) in [4.78, 5) is 26.6. The summed E-state index contributed by atoms with van der Waals surface area (Å²) in [7, 11) is 0. The van der Waals surface area contributed by atoms with Gasteiger partial charge < -0.3 is 19.1 Å². The third-order valence-electron chi connectivity index (χ3n) is 4.61. The number of carbonyl (C=O) groups excluding carboxylic acids is 2. The molecule has 0 unspecified atom stereocenters. The molecule has 2 heterocycles. The summed E-state index contributed by atoms with van der Waals surface area (Å²) in [6.07, 6.45) is 1.08. The zero-order valence-electron chi connectivity index (χ0n) is 16.2. The van der Waals surface area contributed by atoms with Gasteiger partial charge in [0.25, 0.3) is 5.91 Å². The van der Waals surface area contributed by atoms with Crippen LogP contribution in [0.5, 0.6) is 0 Å². The number of nitrogens with zero attached hydrogens (tertiary/aromatic N) is 1. The normalized spacial score (nSPS) is 19.1. The summed E-state index contributed by atoms with van der Waals surface area (Å²) in [6.45, 7) is 8.07. The molecule has 27 heavy (non-hydrogen) atoms. The highest BCUT2D eigenvalue weighted by atomic mass is 16.7. The van der Waals surface area contributed by atoms with E-state index >= 15 is 0 Å². The molecule has 2 amide bonds. The Balaban J connectivity index is 1.56. The number of piperidine rings is 1. The molecular weight excluding hydrogens is 348 g/mol. The maximum absolute atomic E-state index is 12.8. The standard InChI is InChI=1S/C20H28N2O5/c1-20(2,3)27-19(24)21-16-6-4-5-15(13-16)17(23)22-9-7-14(8-10-22)18-25-11-12-26-18/h4-6,13-14,18H,7-12H2,1-3H3,(H,21,24). The fourth-order valence-corrected chi connectivity index (χ4v) is 3.36. The number of hydrogen-bond acceptors (Lipinski definition) is 5. The number of hydrogen-bond donors (Lipinski definition) is 1. The molecule has 0 atom stereocenters. The lowest BCUT2D eigenvalue weighted by Crippen LogP contribution is -2.41. The Morgan fingerprint density at radius 2 is 1.81 bits per heavy atom. The second-order valence-corrected chi connectivity index (χ2v) is 7.95. The molecule has 0 aromatic heterocycles. The van der Waals surface area contributed by atoms with E-state index in [0.29, 0.717) is 43.5 Å². The van der Waals surface area contributed by atoms with Crippen LogP contribution in [0.4, 0.5) is 10.5 Å². The molecule has 1 aromatic rings. The maximum Gasteiger partial charge on any atom is 0.412 e. The van der Waals surface area contributed by atoms with E-state index in [4.69, 9.17) is 14.2 Å². The first-order chi connectivity index (χ1) is 12.8. The van der Waals surface area contributed by atoms with Crippen LogP contribution in [0, 0.1) is 5.92 Å². The fraction of sp³-hybridized carbons (Fsp3) is 0.600. The summed E-state index contributed by atoms with van der Waals surface area (Å²) in [5, 5.41) is 2.68. The highest BCUT2D eigenvalue weighted by molar-refractivity contribution is 5.96. The number of amides is 2. The molecule has 2 aliphatic heterocycles. The minimum absolute atomic E-state index is 0.0328. The first kappa shape index (κ1) is 19.6. The van der Waals surface area contributed by atoms with Crippen LogP contribution in [0.1, 0.15) is 44.0 Å². The predicted molar refractivity (Wildman–Crippen MR) is 101 cm³/mol. The van der Waals surface area contributed by atoms with Crippen LogP contribution in [0.2, 0.25) is 0 Å². The van der Waals surface area contributed by atoms with Crippen LogP contribution in [0.25, 0.3) is 0 Å². The first-order valence-electron chi connectivity index (χ1n) is 9.44. The number of rotatable bonds is 3. The van der Waals surface area contributed by atoms with Gasteiger partial charge in [-0.2, -0.15) is 0 Å². The summed E-state index contributed by atoms with van der Waals surface area (Å²) in [6, 6.07) is 6.94. The number of ether oxygens (including phenoxy) is 3. The van der Waals surface area contributed by atoms with Crippen LogP contribution in [0.3, 0.4) is 0 Å². The van der Waals surface area contributed by atoms with E-state index in [1.165, 1.54) is 0 Å². The summed E-state index contributed by atoms with van der Waals surface area (Å²) in [5.74, 6) is 0.311. The van der Waals surface area contributed by atoms with Gasteiger partial charge in [0.2, 0.25) is 0 Å². The highest BCUT2D eigenvalue weighted by Gasteiger charge is 2.32. The molecule has 148 valence electrons. The van der Waals surface area contributed by atoms with Crippen molar-refractivity contribution in [1.82, 2.24) is 4.90 Å². The van der Waals surface area contributed by atoms with Crippen molar-refractivity contribution in [1.29, 1.82) is 0 Å². The van der Waals surface area contributed by atoms with Gasteiger partial charge in [-0.05, 0) is 51.8 Å². The number of nitrogens with one attached hydrogen (secondary N) is 1. The second-order valence-electron chi connectivity index (χ2n) is 7.95. The van der Waals surface area contributed by atoms with Gasteiger partial charge in [0.05, 0.1) is 13.2 Å². The van der Waals surface area contributed by atoms with Gasteiger partial charge in [-0.1, -0.05) is 6.07 Å². The lowest BCUT2D eigenvalue weighted by Gasteiger charge is -2.34. The van der Waals surface area contributed by atoms with Crippen molar-refractivity contribution >= 4 is 17.7 Å². The quantitative estimate of drug-likeness (QED) is 0.876. The van der Waals surface area contributed by atoms with Gasteiger partial charge in [-0.3, -0.25) is 10.1 Å². The molecule has 2 fully saturated rings. The molecule has 0 aliphatic carbocycles. The largest absolute Gasteiger partial charge is 0.444 e. The molecule has 7 heteroatoms. The summed E-state index contributed by atoms with van der Waals surface area (Å²) < 4.78 is 16.4. The number of carbonyl (C=O) groups is 2. The van der Waals surface area contributed by atoms with E-state index < -0.39 is 11.7 Å². The van der Waals surface area contributed by atoms with Gasteiger partial charge in [-0.25, -0.2) is 4.79 Å². The van der Waals surface area contributed by atoms with Crippen molar-refractivity contribution in [3.8, 4) is 0 Å². The van der Waals surface area contributed by atoms with E-state index in [0.717, 1.165) is 12.8 Å². The van der Waals surface area contributed by atoms with Gasteiger partial charge in [0.1, 0.15) is 5.60 Å². The van der Waals surface area contributed by atoms with Crippen molar-refractivity contribution < 1.29 is 23.8 Å². The molecule has 1 N–H and O–H groups in total. The van der Waals surface area contributed by atoms with Crippen LogP contribution in [-0.2, 0) is 14.2 Å². The minimum Gasteiger partial charge on any atom is -0.444 e. The number of likely N-dealkylation sites (tertiary alicyclic amines) is 1. The van der Waals surface area contributed by atoms with Crippen molar-refractivity contribution in [2.45, 2.75) is 45.5 Å². The SMILES string of the molecule is CC(C)(C)OC(=O)Nc1cccc(C(=O)N2CCC(C3OCCO3)CC2)c1. The number of anilines is 1. The second kappa shape index (κ2) is 8.27. The molecule has 0 bridgehead atoms. The molecule has 1 aromatic carbocycles. The molecular formula is C20H28N2O5. The topological polar surface area (TPSA) is 77.1 Å². The van der Waals surface area contributed by atoms with Crippen molar-refractivity contribution in [3.63, 3.8) is 0 Å². The van der Waals surface area contributed by atoms with Gasteiger partial charge in [0.15, 0.2) is 6.29 Å². The minimum atomic E-state index is -0.575. The molecule has 7 nitrogen and oxygen atoms in total. The Morgan fingerprint density at radius 3 is 2.44 bits per heavy atom. The van der Waals surface area contributed by atoms with Crippen LogP contribution in [0.15, 0.2) is 24.3 Å². The molecule has 0 radical (unpaired) electrons. The summed E-state index contributed by atoms with van der Waals surface area (Å²) in [5.41, 5.74) is 0.516. The van der Waals surface area contributed by atoms with Crippen molar-refractivity contribution in [3.05, 3.63) is 29.8 Å². The van der Waals surface area contributed by atoms with Crippen LogP contribution >= 0.6 is 0 Å². The molecule has 2 aliphatic rings. The fourth-order valence-electron chi connectivity index (χ4n) is 3.36. The Bertz CT molecular complexity index is 671. The molecule has 2 saturated heterocycles. The highest BCUT2D eigenvalue weighted by Crippen LogP contribution is 2.27. The molecule has 0 saturated carbocycles. The van der Waals surface area contributed by atoms with Gasteiger partial charge >= 0.3 is 6.09 Å². The Kier molecular flexibility index (Phi) is 6.01. The zero-order chi connectivity index (χ0) is 19.4. The smallest absolute Gasteiger partial charge is 0.412 e. The van der Waals surface area contributed by atoms with E-state index in [9.17, 15) is 9.59 Å². The third-order valence-corrected chi connectivity index (χ3v) is 4.61. The average molecular weight is 376 g/mol. The van der Waals surface area contributed by atoms with Crippen LogP contribution < -0.4 is 5.32 Å². The Labute approximate surface area is 160 Å². The Hall–Kier alpha value is -2.12. The van der Waals surface area contributed by atoms with E-state index in [1.807, 2.05) is 4.90 Å². The first-order valence-corrected chi connectivity index (χ1v) is 9.44.